The Morgan fingerprint density at radius 1 is 0.900 bits per heavy atom. The molecule has 0 radical (unpaired) electrons. The van der Waals surface area contributed by atoms with Gasteiger partial charge in [-0.25, -0.2) is 8.42 Å². The number of hydrogen-bond donors (Lipinski definition) is 1. The molecule has 40 heavy (non-hydrogen) atoms. The van der Waals surface area contributed by atoms with Gasteiger partial charge in [0.2, 0.25) is 21.8 Å². The number of piperidine rings is 1. The highest BCUT2D eigenvalue weighted by Crippen LogP contribution is 2.25. The summed E-state index contributed by atoms with van der Waals surface area (Å²) in [6.07, 6.45) is 5.36. The van der Waals surface area contributed by atoms with Crippen molar-refractivity contribution >= 4 is 27.6 Å². The Morgan fingerprint density at radius 3 is 2.35 bits per heavy atom. The summed E-state index contributed by atoms with van der Waals surface area (Å²) in [5.41, 5.74) is 1.93. The van der Waals surface area contributed by atoms with Gasteiger partial charge in [0.1, 0.15) is 6.04 Å². The van der Waals surface area contributed by atoms with Crippen LogP contribution in [0.5, 0.6) is 0 Å². The number of rotatable bonds is 9. The number of carbonyl (C=O) groups excluding carboxylic acids is 3. The first-order valence-electron chi connectivity index (χ1n) is 14.3. The average molecular weight is 567 g/mol. The SMILES string of the molecule is CC(=O)c1cccc(-c2cccc(S(=O)(=O)N[C@H]3CCCN(CC(=O)N4CCC[C@H]4CN4CCCC4)C3=O)c2)c1. The highest BCUT2D eigenvalue weighted by molar-refractivity contribution is 7.89. The smallest absolute Gasteiger partial charge is 0.242 e. The van der Waals surface area contributed by atoms with Gasteiger partial charge in [-0.1, -0.05) is 30.3 Å². The predicted molar refractivity (Wildman–Crippen MR) is 152 cm³/mol. The number of Topliss-reactive ketones (excluding diaryl/α,β-unsaturated/α-hetero) is 1. The molecule has 3 fully saturated rings. The molecule has 3 aliphatic rings. The Hall–Kier alpha value is -3.08. The second-order valence-electron chi connectivity index (χ2n) is 11.1. The second kappa shape index (κ2) is 12.2. The molecule has 10 heteroatoms. The van der Waals surface area contributed by atoms with Crippen LogP contribution in [-0.4, -0.2) is 92.1 Å². The van der Waals surface area contributed by atoms with E-state index in [1.54, 1.807) is 36.4 Å². The standard InChI is InChI=1S/C30H38N4O5S/c1-22(35)23-8-4-9-24(18-23)25-10-5-12-27(19-25)40(38,39)31-28-13-7-16-33(30(28)37)21-29(36)34-17-6-11-26(34)20-32-14-2-3-15-32/h4-5,8-10,12,18-19,26,28,31H,2-3,6-7,11,13-17,20-21H2,1H3/t26-,28-/m0/s1. The van der Waals surface area contributed by atoms with E-state index in [0.29, 0.717) is 37.1 Å². The van der Waals surface area contributed by atoms with Crippen LogP contribution in [0.3, 0.4) is 0 Å². The maximum atomic E-state index is 13.3. The Bertz CT molecular complexity index is 1370. The molecule has 5 rings (SSSR count). The van der Waals surface area contributed by atoms with E-state index in [1.165, 1.54) is 30.7 Å². The summed E-state index contributed by atoms with van der Waals surface area (Å²) in [6.45, 7) is 5.67. The third-order valence-corrected chi connectivity index (χ3v) is 9.74. The predicted octanol–water partition coefficient (Wildman–Crippen LogP) is 2.91. The van der Waals surface area contributed by atoms with Crippen molar-refractivity contribution in [1.29, 1.82) is 0 Å². The summed E-state index contributed by atoms with van der Waals surface area (Å²) in [4.78, 5) is 44.3. The molecule has 0 bridgehead atoms. The molecule has 3 saturated heterocycles. The molecule has 2 amide bonds. The highest BCUT2D eigenvalue weighted by atomic mass is 32.2. The molecule has 214 valence electrons. The van der Waals surface area contributed by atoms with E-state index < -0.39 is 16.1 Å². The first-order valence-corrected chi connectivity index (χ1v) is 15.7. The van der Waals surface area contributed by atoms with Crippen LogP contribution in [0, 0.1) is 0 Å². The van der Waals surface area contributed by atoms with Crippen LogP contribution in [0.4, 0.5) is 0 Å². The lowest BCUT2D eigenvalue weighted by Gasteiger charge is -2.34. The zero-order valence-electron chi connectivity index (χ0n) is 23.0. The van der Waals surface area contributed by atoms with E-state index in [-0.39, 0.29) is 35.1 Å². The molecule has 0 unspecified atom stereocenters. The summed E-state index contributed by atoms with van der Waals surface area (Å²) in [5, 5.41) is 0. The summed E-state index contributed by atoms with van der Waals surface area (Å²) < 4.78 is 29.3. The number of benzene rings is 2. The molecule has 2 aromatic rings. The van der Waals surface area contributed by atoms with Gasteiger partial charge in [0.25, 0.3) is 0 Å². The first kappa shape index (κ1) is 28.4. The molecule has 0 aliphatic carbocycles. The van der Waals surface area contributed by atoms with E-state index in [0.717, 1.165) is 38.0 Å². The van der Waals surface area contributed by atoms with Gasteiger partial charge in [-0.15, -0.1) is 0 Å². The van der Waals surface area contributed by atoms with Gasteiger partial charge < -0.3 is 14.7 Å². The minimum Gasteiger partial charge on any atom is -0.337 e. The normalized spacial score (nSPS) is 22.2. The van der Waals surface area contributed by atoms with E-state index in [4.69, 9.17) is 0 Å². The van der Waals surface area contributed by atoms with Crippen LogP contribution < -0.4 is 4.72 Å². The third-order valence-electron chi connectivity index (χ3n) is 8.27. The van der Waals surface area contributed by atoms with Crippen LogP contribution >= 0.6 is 0 Å². The summed E-state index contributed by atoms with van der Waals surface area (Å²) >= 11 is 0. The number of carbonyl (C=O) groups is 3. The van der Waals surface area contributed by atoms with Crippen LogP contribution in [0.25, 0.3) is 11.1 Å². The molecule has 0 spiro atoms. The molecular formula is C30H38N4O5S. The number of ketones is 1. The van der Waals surface area contributed by atoms with E-state index in [9.17, 15) is 22.8 Å². The Balaban J connectivity index is 1.24. The number of sulfonamides is 1. The quantitative estimate of drug-likeness (QED) is 0.468. The Labute approximate surface area is 236 Å². The fraction of sp³-hybridized carbons (Fsp3) is 0.500. The lowest BCUT2D eigenvalue weighted by molar-refractivity contribution is -0.143. The number of nitrogens with zero attached hydrogens (tertiary/aromatic N) is 3. The summed E-state index contributed by atoms with van der Waals surface area (Å²) in [6, 6.07) is 12.8. The summed E-state index contributed by atoms with van der Waals surface area (Å²) in [7, 11) is -4.00. The van der Waals surface area contributed by atoms with Crippen molar-refractivity contribution in [2.75, 3.05) is 39.3 Å². The lowest BCUT2D eigenvalue weighted by Crippen LogP contribution is -2.55. The van der Waals surface area contributed by atoms with E-state index in [1.807, 2.05) is 11.0 Å². The molecule has 3 aliphatic heterocycles. The van der Waals surface area contributed by atoms with Crippen LogP contribution in [-0.2, 0) is 19.6 Å². The van der Waals surface area contributed by atoms with Crippen molar-refractivity contribution in [3.63, 3.8) is 0 Å². The molecular weight excluding hydrogens is 528 g/mol. The number of hydrogen-bond acceptors (Lipinski definition) is 6. The number of nitrogens with one attached hydrogen (secondary N) is 1. The van der Waals surface area contributed by atoms with Crippen molar-refractivity contribution in [2.45, 2.75) is 62.4 Å². The lowest BCUT2D eigenvalue weighted by atomic mass is 10.0. The van der Waals surface area contributed by atoms with Crippen molar-refractivity contribution in [2.24, 2.45) is 0 Å². The van der Waals surface area contributed by atoms with Gasteiger partial charge in [0.05, 0.1) is 11.4 Å². The van der Waals surface area contributed by atoms with E-state index >= 15 is 0 Å². The van der Waals surface area contributed by atoms with Crippen LogP contribution in [0.2, 0.25) is 0 Å². The van der Waals surface area contributed by atoms with Crippen molar-refractivity contribution in [1.82, 2.24) is 19.4 Å². The molecule has 0 saturated carbocycles. The van der Waals surface area contributed by atoms with Gasteiger partial charge >= 0.3 is 0 Å². The zero-order chi connectivity index (χ0) is 28.3. The molecule has 3 heterocycles. The van der Waals surface area contributed by atoms with Gasteiger partial charge in [-0.2, -0.15) is 4.72 Å². The average Bonchev–Trinajstić information content (AvgIpc) is 3.64. The van der Waals surface area contributed by atoms with Gasteiger partial charge in [0, 0.05) is 31.2 Å². The van der Waals surface area contributed by atoms with E-state index in [2.05, 4.69) is 9.62 Å². The van der Waals surface area contributed by atoms with Gasteiger partial charge in [-0.05, 0) is 87.9 Å². The number of amides is 2. The number of likely N-dealkylation sites (tertiary alicyclic amines) is 3. The third kappa shape index (κ3) is 6.45. The van der Waals surface area contributed by atoms with Crippen molar-refractivity contribution in [3.05, 3.63) is 54.1 Å². The first-order chi connectivity index (χ1) is 19.2. The van der Waals surface area contributed by atoms with Gasteiger partial charge in [0.15, 0.2) is 5.78 Å². The van der Waals surface area contributed by atoms with Crippen LogP contribution in [0.15, 0.2) is 53.4 Å². The molecule has 0 aromatic heterocycles. The second-order valence-corrected chi connectivity index (χ2v) is 12.8. The molecule has 2 atom stereocenters. The topological polar surface area (TPSA) is 107 Å². The highest BCUT2D eigenvalue weighted by Gasteiger charge is 2.36. The van der Waals surface area contributed by atoms with Crippen molar-refractivity contribution < 1.29 is 22.8 Å². The summed E-state index contributed by atoms with van der Waals surface area (Å²) in [5.74, 6) is -0.485. The maximum absolute atomic E-state index is 13.3. The molecule has 2 aromatic carbocycles. The monoisotopic (exact) mass is 566 g/mol. The maximum Gasteiger partial charge on any atom is 0.242 e. The fourth-order valence-electron chi connectivity index (χ4n) is 6.09. The van der Waals surface area contributed by atoms with Crippen LogP contribution in [0.1, 0.15) is 55.8 Å². The minimum atomic E-state index is -4.00. The van der Waals surface area contributed by atoms with Gasteiger partial charge in [-0.3, -0.25) is 14.4 Å². The van der Waals surface area contributed by atoms with Crippen molar-refractivity contribution in [3.8, 4) is 11.1 Å². The Kier molecular flexibility index (Phi) is 8.68. The Morgan fingerprint density at radius 2 is 1.60 bits per heavy atom. The fourth-order valence-corrected chi connectivity index (χ4v) is 7.36. The molecule has 1 N–H and O–H groups in total. The zero-order valence-corrected chi connectivity index (χ0v) is 23.9. The molecule has 9 nitrogen and oxygen atoms in total. The minimum absolute atomic E-state index is 0.0183. The largest absolute Gasteiger partial charge is 0.337 e.